The van der Waals surface area contributed by atoms with E-state index in [1.54, 1.807) is 0 Å². The summed E-state index contributed by atoms with van der Waals surface area (Å²) in [6.07, 6.45) is 0.000934. The predicted molar refractivity (Wildman–Crippen MR) is 47.8 cm³/mol. The minimum atomic E-state index is -3.75. The van der Waals surface area contributed by atoms with Crippen molar-refractivity contribution in [1.29, 1.82) is 0 Å². The number of rotatable bonds is 2. The maximum absolute atomic E-state index is 11.4. The largest absolute Gasteiger partial charge is 0.281 e. The van der Waals surface area contributed by atoms with Crippen molar-refractivity contribution in [2.24, 2.45) is 0 Å². The molecule has 3 nitrogen and oxygen atoms in total. The van der Waals surface area contributed by atoms with E-state index < -0.39 is 15.0 Å². The molecule has 0 saturated carbocycles. The minimum Gasteiger partial charge on any atom is -0.281 e. The van der Waals surface area contributed by atoms with Crippen molar-refractivity contribution in [3.63, 3.8) is 0 Å². The van der Waals surface area contributed by atoms with Gasteiger partial charge in [-0.15, -0.1) is 0 Å². The monoisotopic (exact) mass is 197 g/mol. The average molecular weight is 197 g/mol. The van der Waals surface area contributed by atoms with Crippen LogP contribution in [0.4, 0.5) is 0 Å². The number of sulfone groups is 1. The molecular formula is C9H9O3S. The number of hydrogen-bond donors (Lipinski definition) is 0. The van der Waals surface area contributed by atoms with Crippen LogP contribution in [-0.2, 0) is 14.6 Å². The zero-order chi connectivity index (χ0) is 9.90. The average Bonchev–Trinajstić information content (AvgIpc) is 2.18. The molecule has 0 aliphatic heterocycles. The molecule has 0 aliphatic carbocycles. The van der Waals surface area contributed by atoms with E-state index in [2.05, 4.69) is 6.07 Å². The molecule has 0 aliphatic rings. The van der Waals surface area contributed by atoms with Gasteiger partial charge in [0, 0.05) is 6.42 Å². The molecule has 0 spiro atoms. The van der Waals surface area contributed by atoms with Crippen molar-refractivity contribution in [2.75, 3.05) is 0 Å². The van der Waals surface area contributed by atoms with Crippen molar-refractivity contribution in [2.45, 2.75) is 18.2 Å². The van der Waals surface area contributed by atoms with E-state index in [4.69, 9.17) is 0 Å². The fourth-order valence-electron chi connectivity index (χ4n) is 0.872. The molecule has 1 aromatic carbocycles. The SMILES string of the molecule is CCC(=O)S(=O)(=O)c1cc[c]cc1. The van der Waals surface area contributed by atoms with Crippen molar-refractivity contribution in [1.82, 2.24) is 0 Å². The highest BCUT2D eigenvalue weighted by molar-refractivity contribution is 8.06. The Bertz CT molecular complexity index is 392. The van der Waals surface area contributed by atoms with Gasteiger partial charge >= 0.3 is 0 Å². The Morgan fingerprint density at radius 2 is 1.92 bits per heavy atom. The van der Waals surface area contributed by atoms with Crippen LogP contribution in [0.2, 0.25) is 0 Å². The molecule has 0 amide bonds. The van der Waals surface area contributed by atoms with Gasteiger partial charge < -0.3 is 0 Å². The van der Waals surface area contributed by atoms with Gasteiger partial charge in [0.25, 0.3) is 5.12 Å². The Morgan fingerprint density at radius 1 is 1.38 bits per heavy atom. The molecule has 4 heteroatoms. The Labute approximate surface area is 77.3 Å². The standard InChI is InChI=1S/C9H9O3S/c1-2-9(10)13(11,12)8-6-4-3-5-7-8/h4-7H,2H2,1H3. The van der Waals surface area contributed by atoms with Crippen LogP contribution in [-0.4, -0.2) is 13.5 Å². The van der Waals surface area contributed by atoms with E-state index in [1.165, 1.54) is 31.2 Å². The maximum Gasteiger partial charge on any atom is 0.250 e. The topological polar surface area (TPSA) is 51.2 Å². The summed E-state index contributed by atoms with van der Waals surface area (Å²) in [7, 11) is -3.75. The summed E-state index contributed by atoms with van der Waals surface area (Å²) >= 11 is 0. The van der Waals surface area contributed by atoms with Gasteiger partial charge in [0.2, 0.25) is 9.84 Å². The second kappa shape index (κ2) is 3.70. The van der Waals surface area contributed by atoms with Crippen LogP contribution in [0.1, 0.15) is 13.3 Å². The predicted octanol–water partition coefficient (Wildman–Crippen LogP) is 1.20. The summed E-state index contributed by atoms with van der Waals surface area (Å²) in [5.74, 6) is 0. The summed E-state index contributed by atoms with van der Waals surface area (Å²) in [5, 5.41) is -0.751. The first-order chi connectivity index (χ1) is 6.09. The van der Waals surface area contributed by atoms with Crippen LogP contribution in [0.5, 0.6) is 0 Å². The zero-order valence-corrected chi connectivity index (χ0v) is 7.97. The van der Waals surface area contributed by atoms with E-state index >= 15 is 0 Å². The van der Waals surface area contributed by atoms with Gasteiger partial charge in [-0.2, -0.15) is 0 Å². The summed E-state index contributed by atoms with van der Waals surface area (Å²) < 4.78 is 22.8. The van der Waals surface area contributed by atoms with E-state index in [-0.39, 0.29) is 11.3 Å². The van der Waals surface area contributed by atoms with E-state index in [0.29, 0.717) is 0 Å². The van der Waals surface area contributed by atoms with Crippen molar-refractivity contribution in [3.8, 4) is 0 Å². The van der Waals surface area contributed by atoms with Crippen LogP contribution in [0.3, 0.4) is 0 Å². The molecule has 13 heavy (non-hydrogen) atoms. The van der Waals surface area contributed by atoms with Crippen LogP contribution in [0.15, 0.2) is 29.2 Å². The highest BCUT2D eigenvalue weighted by Gasteiger charge is 2.21. The van der Waals surface area contributed by atoms with Gasteiger partial charge in [0.1, 0.15) is 0 Å². The lowest BCUT2D eigenvalue weighted by Gasteiger charge is -1.99. The summed E-state index contributed by atoms with van der Waals surface area (Å²) in [6, 6.07) is 8.35. The van der Waals surface area contributed by atoms with Gasteiger partial charge in [-0.05, 0) is 18.2 Å². The van der Waals surface area contributed by atoms with Gasteiger partial charge in [0.05, 0.1) is 4.90 Å². The highest BCUT2D eigenvalue weighted by atomic mass is 32.2. The molecule has 0 atom stereocenters. The molecule has 1 rings (SSSR count). The summed E-state index contributed by atoms with van der Waals surface area (Å²) in [5.41, 5.74) is 0. The Morgan fingerprint density at radius 3 is 2.38 bits per heavy atom. The zero-order valence-electron chi connectivity index (χ0n) is 7.15. The molecule has 0 unspecified atom stereocenters. The molecule has 69 valence electrons. The van der Waals surface area contributed by atoms with Crippen LogP contribution in [0.25, 0.3) is 0 Å². The number of carbonyl (C=O) groups is 1. The molecular weight excluding hydrogens is 188 g/mol. The third kappa shape index (κ3) is 1.95. The van der Waals surface area contributed by atoms with Gasteiger partial charge in [-0.3, -0.25) is 4.79 Å². The molecule has 0 N–H and O–H groups in total. The molecule has 1 radical (unpaired) electrons. The van der Waals surface area contributed by atoms with Crippen molar-refractivity contribution >= 4 is 15.0 Å². The van der Waals surface area contributed by atoms with Gasteiger partial charge in [-0.25, -0.2) is 8.42 Å². The number of carbonyl (C=O) groups excluding carboxylic acids is 1. The van der Waals surface area contributed by atoms with Gasteiger partial charge in [0.15, 0.2) is 0 Å². The smallest absolute Gasteiger partial charge is 0.250 e. The molecule has 0 fully saturated rings. The minimum absolute atomic E-state index is 0.000934. The van der Waals surface area contributed by atoms with Crippen molar-refractivity contribution in [3.05, 3.63) is 30.3 Å². The number of hydrogen-bond acceptors (Lipinski definition) is 3. The first kappa shape index (κ1) is 9.92. The molecule has 0 saturated heterocycles. The Kier molecular flexibility index (Phi) is 2.83. The van der Waals surface area contributed by atoms with Crippen LogP contribution in [0, 0.1) is 6.07 Å². The Balaban J connectivity index is 3.17. The van der Waals surface area contributed by atoms with E-state index in [9.17, 15) is 13.2 Å². The first-order valence-corrected chi connectivity index (χ1v) is 5.31. The lowest BCUT2D eigenvalue weighted by Crippen LogP contribution is -2.13. The Hall–Kier alpha value is -1.16. The van der Waals surface area contributed by atoms with E-state index in [1.807, 2.05) is 0 Å². The van der Waals surface area contributed by atoms with Crippen LogP contribution >= 0.6 is 0 Å². The van der Waals surface area contributed by atoms with E-state index in [0.717, 1.165) is 0 Å². The van der Waals surface area contributed by atoms with Crippen molar-refractivity contribution < 1.29 is 13.2 Å². The molecule has 1 aromatic rings. The second-order valence-electron chi connectivity index (χ2n) is 2.46. The first-order valence-electron chi connectivity index (χ1n) is 3.83. The third-order valence-corrected chi connectivity index (χ3v) is 3.37. The second-order valence-corrected chi connectivity index (χ2v) is 4.40. The quantitative estimate of drug-likeness (QED) is 0.715. The number of benzene rings is 1. The lowest BCUT2D eigenvalue weighted by molar-refractivity contribution is -0.111. The van der Waals surface area contributed by atoms with Gasteiger partial charge in [-0.1, -0.05) is 19.1 Å². The molecule has 0 heterocycles. The molecule has 0 aromatic heterocycles. The highest BCUT2D eigenvalue weighted by Crippen LogP contribution is 2.11. The third-order valence-electron chi connectivity index (χ3n) is 1.59. The lowest BCUT2D eigenvalue weighted by atomic mass is 10.4. The normalized spacial score (nSPS) is 11.2. The summed E-state index contributed by atoms with van der Waals surface area (Å²) in [6.45, 7) is 1.52. The maximum atomic E-state index is 11.4. The summed E-state index contributed by atoms with van der Waals surface area (Å²) in [4.78, 5) is 11.1. The van der Waals surface area contributed by atoms with Crippen LogP contribution < -0.4 is 0 Å². The molecule has 0 bridgehead atoms. The fourth-order valence-corrected chi connectivity index (χ4v) is 2.01. The fraction of sp³-hybridized carbons (Fsp3) is 0.222.